The lowest BCUT2D eigenvalue weighted by molar-refractivity contribution is -0.126. The highest BCUT2D eigenvalue weighted by molar-refractivity contribution is 5.88. The van der Waals surface area contributed by atoms with E-state index in [0.29, 0.717) is 6.54 Å². The van der Waals surface area contributed by atoms with Crippen molar-refractivity contribution in [3.05, 3.63) is 47.8 Å². The Morgan fingerprint density at radius 1 is 1.26 bits per heavy atom. The number of ether oxygens (including phenoxy) is 1. The van der Waals surface area contributed by atoms with Crippen molar-refractivity contribution in [1.29, 1.82) is 0 Å². The maximum atomic E-state index is 13.0. The molecule has 1 N–H and O–H groups in total. The van der Waals surface area contributed by atoms with Crippen molar-refractivity contribution >= 4 is 5.91 Å². The molecule has 0 atom stereocenters. The maximum Gasteiger partial charge on any atom is 0.230 e. The van der Waals surface area contributed by atoms with Crippen LogP contribution in [0.15, 0.2) is 36.5 Å². The van der Waals surface area contributed by atoms with Gasteiger partial charge in [0.15, 0.2) is 0 Å². The fourth-order valence-electron chi connectivity index (χ4n) is 3.45. The number of benzene rings is 1. The maximum absolute atomic E-state index is 13.0. The van der Waals surface area contributed by atoms with Crippen molar-refractivity contribution < 1.29 is 9.53 Å². The monoisotopic (exact) mass is 313 g/mol. The zero-order valence-electron chi connectivity index (χ0n) is 13.7. The van der Waals surface area contributed by atoms with Gasteiger partial charge >= 0.3 is 0 Å². The molecule has 3 rings (SSSR count). The molecule has 1 aliphatic carbocycles. The van der Waals surface area contributed by atoms with Gasteiger partial charge in [0.25, 0.3) is 0 Å². The van der Waals surface area contributed by atoms with Gasteiger partial charge in [-0.25, -0.2) is 0 Å². The summed E-state index contributed by atoms with van der Waals surface area (Å²) in [4.78, 5) is 13.0. The molecule has 0 radical (unpaired) electrons. The zero-order chi connectivity index (χ0) is 16.3. The number of rotatable bonds is 5. The lowest BCUT2D eigenvalue weighted by Gasteiger charge is -2.28. The van der Waals surface area contributed by atoms with Crippen LogP contribution in [0.5, 0.6) is 5.75 Å². The Hall–Kier alpha value is -2.30. The third-order valence-corrected chi connectivity index (χ3v) is 4.89. The first kappa shape index (κ1) is 15.6. The third-order valence-electron chi connectivity index (χ3n) is 4.89. The highest BCUT2D eigenvalue weighted by Gasteiger charge is 2.42. The van der Waals surface area contributed by atoms with Gasteiger partial charge in [-0.3, -0.25) is 9.48 Å². The van der Waals surface area contributed by atoms with Gasteiger partial charge in [0, 0.05) is 13.2 Å². The van der Waals surface area contributed by atoms with E-state index in [4.69, 9.17) is 4.74 Å². The van der Waals surface area contributed by atoms with E-state index in [1.165, 1.54) is 0 Å². The lowest BCUT2D eigenvalue weighted by Crippen LogP contribution is -2.42. The summed E-state index contributed by atoms with van der Waals surface area (Å²) in [6, 6.07) is 9.84. The number of hydrogen-bond acceptors (Lipinski definition) is 3. The molecule has 5 nitrogen and oxygen atoms in total. The summed E-state index contributed by atoms with van der Waals surface area (Å²) < 4.78 is 7.01. The van der Waals surface area contributed by atoms with Crippen LogP contribution in [-0.4, -0.2) is 22.8 Å². The number of carbonyl (C=O) groups is 1. The van der Waals surface area contributed by atoms with Crippen molar-refractivity contribution in [2.24, 2.45) is 7.05 Å². The molecule has 0 unspecified atom stereocenters. The second-order valence-electron chi connectivity index (χ2n) is 6.15. The van der Waals surface area contributed by atoms with Gasteiger partial charge in [0.1, 0.15) is 5.75 Å². The number of methoxy groups -OCH3 is 1. The third kappa shape index (κ3) is 2.96. The van der Waals surface area contributed by atoms with E-state index < -0.39 is 5.41 Å². The Labute approximate surface area is 136 Å². The van der Waals surface area contributed by atoms with Crippen LogP contribution in [0.25, 0.3) is 0 Å². The number of aromatic nitrogens is 2. The molecule has 0 saturated heterocycles. The average molecular weight is 313 g/mol. The van der Waals surface area contributed by atoms with Crippen LogP contribution >= 0.6 is 0 Å². The first-order chi connectivity index (χ1) is 11.2. The summed E-state index contributed by atoms with van der Waals surface area (Å²) in [5.41, 5.74) is 1.67. The van der Waals surface area contributed by atoms with E-state index in [9.17, 15) is 4.79 Å². The predicted molar refractivity (Wildman–Crippen MR) is 88.2 cm³/mol. The molecule has 122 valence electrons. The molecular formula is C18H23N3O2. The van der Waals surface area contributed by atoms with Crippen molar-refractivity contribution in [3.63, 3.8) is 0 Å². The topological polar surface area (TPSA) is 56.1 Å². The second-order valence-corrected chi connectivity index (χ2v) is 6.15. The van der Waals surface area contributed by atoms with Crippen LogP contribution in [0.4, 0.5) is 0 Å². The molecule has 23 heavy (non-hydrogen) atoms. The van der Waals surface area contributed by atoms with Gasteiger partial charge in [0.2, 0.25) is 5.91 Å². The lowest BCUT2D eigenvalue weighted by atomic mass is 9.78. The molecule has 0 spiro atoms. The van der Waals surface area contributed by atoms with E-state index in [2.05, 4.69) is 10.4 Å². The fraction of sp³-hybridized carbons (Fsp3) is 0.444. The Morgan fingerprint density at radius 3 is 2.52 bits per heavy atom. The number of carbonyl (C=O) groups excluding carboxylic acids is 1. The van der Waals surface area contributed by atoms with Crippen molar-refractivity contribution in [2.45, 2.75) is 37.6 Å². The highest BCUT2D eigenvalue weighted by atomic mass is 16.5. The summed E-state index contributed by atoms with van der Waals surface area (Å²) in [5.74, 6) is 0.929. The van der Waals surface area contributed by atoms with Crippen LogP contribution in [0.1, 0.15) is 36.9 Å². The molecule has 1 saturated carbocycles. The van der Waals surface area contributed by atoms with Crippen LogP contribution in [0.2, 0.25) is 0 Å². The fourth-order valence-corrected chi connectivity index (χ4v) is 3.45. The van der Waals surface area contributed by atoms with Gasteiger partial charge in [0.05, 0.1) is 24.8 Å². The van der Waals surface area contributed by atoms with Gasteiger partial charge in [-0.1, -0.05) is 25.0 Å². The number of aryl methyl sites for hydroxylation is 1. The summed E-state index contributed by atoms with van der Waals surface area (Å²) in [5, 5.41) is 7.24. The van der Waals surface area contributed by atoms with Gasteiger partial charge in [-0.05, 0) is 36.6 Å². The first-order valence-corrected chi connectivity index (χ1v) is 8.05. The van der Waals surface area contributed by atoms with Crippen LogP contribution in [0, 0.1) is 0 Å². The Balaban J connectivity index is 1.79. The summed E-state index contributed by atoms with van der Waals surface area (Å²) in [6.45, 7) is 0.507. The highest BCUT2D eigenvalue weighted by Crippen LogP contribution is 2.41. The van der Waals surface area contributed by atoms with E-state index in [-0.39, 0.29) is 5.91 Å². The molecule has 1 heterocycles. The Morgan fingerprint density at radius 2 is 1.96 bits per heavy atom. The second kappa shape index (κ2) is 6.44. The van der Waals surface area contributed by atoms with Gasteiger partial charge < -0.3 is 10.1 Å². The molecule has 5 heteroatoms. The standard InChI is InChI=1S/C18H23N3O2/c1-21-15(9-12-20-21)13-19-17(22)18(10-3-4-11-18)14-5-7-16(23-2)8-6-14/h5-9,12H,3-4,10-11,13H2,1-2H3,(H,19,22). The minimum absolute atomic E-state index is 0.112. The molecular weight excluding hydrogens is 290 g/mol. The molecule has 1 aromatic heterocycles. The van der Waals surface area contributed by atoms with Crippen LogP contribution in [-0.2, 0) is 23.8 Å². The molecule has 0 bridgehead atoms. The first-order valence-electron chi connectivity index (χ1n) is 8.05. The van der Waals surface area contributed by atoms with Crippen molar-refractivity contribution in [3.8, 4) is 5.75 Å². The van der Waals surface area contributed by atoms with Crippen LogP contribution < -0.4 is 10.1 Å². The number of hydrogen-bond donors (Lipinski definition) is 1. The SMILES string of the molecule is COc1ccc(C2(C(=O)NCc3ccnn3C)CCCC2)cc1. The average Bonchev–Trinajstić information content (AvgIpc) is 3.23. The molecule has 1 fully saturated rings. The molecule has 1 aliphatic rings. The van der Waals surface area contributed by atoms with Gasteiger partial charge in [-0.15, -0.1) is 0 Å². The number of nitrogens with one attached hydrogen (secondary N) is 1. The van der Waals surface area contributed by atoms with E-state index in [1.54, 1.807) is 18.0 Å². The smallest absolute Gasteiger partial charge is 0.230 e. The summed E-state index contributed by atoms with van der Waals surface area (Å²) in [7, 11) is 3.54. The minimum Gasteiger partial charge on any atom is -0.497 e. The van der Waals surface area contributed by atoms with Gasteiger partial charge in [-0.2, -0.15) is 5.10 Å². The van der Waals surface area contributed by atoms with E-state index in [0.717, 1.165) is 42.7 Å². The number of nitrogens with zero attached hydrogens (tertiary/aromatic N) is 2. The van der Waals surface area contributed by atoms with Crippen molar-refractivity contribution in [1.82, 2.24) is 15.1 Å². The van der Waals surface area contributed by atoms with E-state index in [1.807, 2.05) is 37.4 Å². The summed E-state index contributed by atoms with van der Waals surface area (Å²) in [6.07, 6.45) is 5.72. The molecule has 1 aromatic carbocycles. The van der Waals surface area contributed by atoms with Crippen molar-refractivity contribution in [2.75, 3.05) is 7.11 Å². The summed E-state index contributed by atoms with van der Waals surface area (Å²) >= 11 is 0. The van der Waals surface area contributed by atoms with Crippen LogP contribution in [0.3, 0.4) is 0 Å². The quantitative estimate of drug-likeness (QED) is 0.923. The molecule has 0 aliphatic heterocycles. The zero-order valence-corrected chi connectivity index (χ0v) is 13.7. The molecule has 1 amide bonds. The Kier molecular flexibility index (Phi) is 4.37. The normalized spacial score (nSPS) is 16.3. The number of amides is 1. The predicted octanol–water partition coefficient (Wildman–Crippen LogP) is 2.56. The minimum atomic E-state index is -0.412. The van der Waals surface area contributed by atoms with E-state index >= 15 is 0 Å². The molecule has 2 aromatic rings. The Bertz CT molecular complexity index is 670. The largest absolute Gasteiger partial charge is 0.497 e.